The predicted octanol–water partition coefficient (Wildman–Crippen LogP) is 4.92. The number of carbonyl (C=O) groups is 1. The molecule has 1 heterocycles. The average Bonchev–Trinajstić information content (AvgIpc) is 2.68. The van der Waals surface area contributed by atoms with Crippen LogP contribution in [-0.4, -0.2) is 24.6 Å². The summed E-state index contributed by atoms with van der Waals surface area (Å²) < 4.78 is 34.5. The van der Waals surface area contributed by atoms with Gasteiger partial charge in [0.05, 0.1) is 24.1 Å². The summed E-state index contributed by atoms with van der Waals surface area (Å²) in [6.45, 7) is -1.27. The largest absolute Gasteiger partial charge is 0.493 e. The number of hydrogen-bond acceptors (Lipinski definition) is 4. The van der Waals surface area contributed by atoms with Gasteiger partial charge in [-0.15, -0.1) is 0 Å². The van der Waals surface area contributed by atoms with Gasteiger partial charge in [-0.05, 0) is 31.2 Å². The van der Waals surface area contributed by atoms with E-state index in [4.69, 9.17) is 4.74 Å². The molecule has 7 heteroatoms. The van der Waals surface area contributed by atoms with E-state index in [1.54, 1.807) is 19.1 Å². The predicted molar refractivity (Wildman–Crippen MR) is 102 cm³/mol. The van der Waals surface area contributed by atoms with Crippen molar-refractivity contribution in [3.63, 3.8) is 0 Å². The van der Waals surface area contributed by atoms with Crippen LogP contribution in [0.4, 0.5) is 14.5 Å². The zero-order valence-electron chi connectivity index (χ0n) is 15.3. The molecule has 3 aromatic rings. The van der Waals surface area contributed by atoms with Crippen molar-refractivity contribution in [2.45, 2.75) is 13.5 Å². The molecule has 0 saturated heterocycles. The van der Waals surface area contributed by atoms with E-state index in [1.165, 1.54) is 25.3 Å². The van der Waals surface area contributed by atoms with E-state index in [0.717, 1.165) is 11.3 Å². The molecule has 28 heavy (non-hydrogen) atoms. The first-order valence-corrected chi connectivity index (χ1v) is 8.45. The van der Waals surface area contributed by atoms with Crippen LogP contribution in [-0.2, 0) is 0 Å². The smallest absolute Gasteiger partial charge is 0.387 e. The van der Waals surface area contributed by atoms with Gasteiger partial charge >= 0.3 is 6.61 Å². The number of nitrogens with one attached hydrogen (secondary N) is 1. The Kier molecular flexibility index (Phi) is 5.84. The van der Waals surface area contributed by atoms with E-state index in [2.05, 4.69) is 15.0 Å². The molecule has 5 nitrogen and oxygen atoms in total. The summed E-state index contributed by atoms with van der Waals surface area (Å²) in [5.74, 6) is -0.425. The van der Waals surface area contributed by atoms with Crippen LogP contribution in [0.2, 0.25) is 0 Å². The Bertz CT molecular complexity index is 979. The van der Waals surface area contributed by atoms with Gasteiger partial charge in [0.25, 0.3) is 5.91 Å². The zero-order chi connectivity index (χ0) is 20.1. The first-order chi connectivity index (χ1) is 13.5. The Balaban J connectivity index is 1.81. The highest BCUT2D eigenvalue weighted by molar-refractivity contribution is 6.05. The lowest BCUT2D eigenvalue weighted by Gasteiger charge is -2.13. The lowest BCUT2D eigenvalue weighted by atomic mass is 10.1. The summed E-state index contributed by atoms with van der Waals surface area (Å²) in [6.07, 6.45) is 0. The van der Waals surface area contributed by atoms with Crippen LogP contribution in [0.3, 0.4) is 0 Å². The fourth-order valence-electron chi connectivity index (χ4n) is 2.71. The maximum atomic E-state index is 12.6. The maximum absolute atomic E-state index is 12.6. The number of hydrogen-bond donors (Lipinski definition) is 1. The molecule has 0 aliphatic heterocycles. The number of amides is 1. The van der Waals surface area contributed by atoms with Gasteiger partial charge in [-0.25, -0.2) is 0 Å². The molecule has 0 atom stereocenters. The Hall–Kier alpha value is -3.48. The van der Waals surface area contributed by atoms with E-state index in [0.29, 0.717) is 16.9 Å². The van der Waals surface area contributed by atoms with Gasteiger partial charge in [-0.2, -0.15) is 8.78 Å². The van der Waals surface area contributed by atoms with Crippen molar-refractivity contribution in [3.8, 4) is 22.8 Å². The van der Waals surface area contributed by atoms with Crippen molar-refractivity contribution in [1.82, 2.24) is 4.98 Å². The quantitative estimate of drug-likeness (QED) is 0.655. The topological polar surface area (TPSA) is 60.5 Å². The molecular formula is C21H18F2N2O3. The van der Waals surface area contributed by atoms with Crippen LogP contribution in [0.15, 0.2) is 60.7 Å². The molecule has 0 aliphatic rings. The number of alkyl halides is 2. The Labute approximate surface area is 160 Å². The molecule has 1 amide bonds. The lowest BCUT2D eigenvalue weighted by molar-refractivity contribution is -0.0511. The molecule has 0 bridgehead atoms. The Morgan fingerprint density at radius 3 is 2.43 bits per heavy atom. The van der Waals surface area contributed by atoms with Gasteiger partial charge in [0, 0.05) is 17.3 Å². The summed E-state index contributed by atoms with van der Waals surface area (Å²) in [5, 5.41) is 2.66. The van der Waals surface area contributed by atoms with Gasteiger partial charge in [0.1, 0.15) is 0 Å². The number of rotatable bonds is 6. The Morgan fingerprint density at radius 2 is 1.79 bits per heavy atom. The van der Waals surface area contributed by atoms with Gasteiger partial charge in [-0.3, -0.25) is 9.78 Å². The molecule has 0 aliphatic carbocycles. The van der Waals surface area contributed by atoms with Crippen LogP contribution in [0.25, 0.3) is 11.3 Å². The number of pyridine rings is 1. The van der Waals surface area contributed by atoms with E-state index in [-0.39, 0.29) is 11.5 Å². The molecule has 1 aromatic heterocycles. The van der Waals surface area contributed by atoms with E-state index in [1.807, 2.05) is 30.3 Å². The van der Waals surface area contributed by atoms with Crippen LogP contribution >= 0.6 is 0 Å². The van der Waals surface area contributed by atoms with E-state index in [9.17, 15) is 13.6 Å². The number of methoxy groups -OCH3 is 1. The van der Waals surface area contributed by atoms with Crippen LogP contribution in [0.5, 0.6) is 11.5 Å². The minimum atomic E-state index is -3.00. The first-order valence-electron chi connectivity index (χ1n) is 8.45. The monoisotopic (exact) mass is 384 g/mol. The number of benzene rings is 2. The van der Waals surface area contributed by atoms with Crippen LogP contribution in [0, 0.1) is 6.92 Å². The van der Waals surface area contributed by atoms with Crippen LogP contribution < -0.4 is 14.8 Å². The minimum Gasteiger partial charge on any atom is -0.493 e. The molecule has 0 unspecified atom stereocenters. The minimum absolute atomic E-state index is 0.142. The van der Waals surface area contributed by atoms with Crippen molar-refractivity contribution < 1.29 is 23.0 Å². The third-order valence-corrected chi connectivity index (χ3v) is 4.04. The highest BCUT2D eigenvalue weighted by Crippen LogP contribution is 2.31. The standard InChI is InChI=1S/C21H18F2N2O3/c1-13-16(9-10-17(24-13)14-6-4-3-5-7-14)20(26)25-15-8-11-18(27-2)19(12-15)28-21(22)23/h3-12,21H,1-2H3,(H,25,26). The molecule has 3 rings (SSSR count). The summed E-state index contributed by atoms with van der Waals surface area (Å²) in [4.78, 5) is 17.1. The number of carbonyl (C=O) groups excluding carboxylic acids is 1. The van der Waals surface area contributed by atoms with Crippen molar-refractivity contribution in [2.24, 2.45) is 0 Å². The average molecular weight is 384 g/mol. The number of nitrogens with zero attached hydrogens (tertiary/aromatic N) is 1. The second kappa shape index (κ2) is 8.47. The molecule has 0 fully saturated rings. The summed E-state index contributed by atoms with van der Waals surface area (Å²) in [7, 11) is 1.34. The second-order valence-electron chi connectivity index (χ2n) is 5.89. The Morgan fingerprint density at radius 1 is 1.04 bits per heavy atom. The third kappa shape index (κ3) is 4.43. The molecule has 144 valence electrons. The third-order valence-electron chi connectivity index (χ3n) is 4.04. The normalized spacial score (nSPS) is 10.6. The number of anilines is 1. The molecule has 0 radical (unpaired) electrons. The number of ether oxygens (including phenoxy) is 2. The highest BCUT2D eigenvalue weighted by atomic mass is 19.3. The molecular weight excluding hydrogens is 366 g/mol. The van der Waals surface area contributed by atoms with Gasteiger partial charge in [0.15, 0.2) is 11.5 Å². The van der Waals surface area contributed by atoms with E-state index >= 15 is 0 Å². The SMILES string of the molecule is COc1ccc(NC(=O)c2ccc(-c3ccccc3)nc2C)cc1OC(F)F. The van der Waals surface area contributed by atoms with Gasteiger partial charge in [0.2, 0.25) is 0 Å². The number of halogens is 2. The fourth-order valence-corrected chi connectivity index (χ4v) is 2.71. The van der Waals surface area contributed by atoms with Crippen molar-refractivity contribution >= 4 is 11.6 Å². The fraction of sp³-hybridized carbons (Fsp3) is 0.143. The molecule has 2 aromatic carbocycles. The molecule has 0 spiro atoms. The second-order valence-corrected chi connectivity index (χ2v) is 5.89. The summed E-state index contributed by atoms with van der Waals surface area (Å²) in [5.41, 5.74) is 2.93. The van der Waals surface area contributed by atoms with E-state index < -0.39 is 12.5 Å². The van der Waals surface area contributed by atoms with Gasteiger partial charge < -0.3 is 14.8 Å². The van der Waals surface area contributed by atoms with Gasteiger partial charge in [-0.1, -0.05) is 30.3 Å². The number of aryl methyl sites for hydroxylation is 1. The molecule has 0 saturated carbocycles. The number of aromatic nitrogens is 1. The summed E-state index contributed by atoms with van der Waals surface area (Å²) in [6, 6.07) is 17.3. The van der Waals surface area contributed by atoms with Crippen molar-refractivity contribution in [2.75, 3.05) is 12.4 Å². The van der Waals surface area contributed by atoms with Crippen LogP contribution in [0.1, 0.15) is 16.1 Å². The van der Waals surface area contributed by atoms with Crippen molar-refractivity contribution in [1.29, 1.82) is 0 Å². The zero-order valence-corrected chi connectivity index (χ0v) is 15.3. The summed E-state index contributed by atoms with van der Waals surface area (Å²) >= 11 is 0. The lowest BCUT2D eigenvalue weighted by Crippen LogP contribution is -2.14. The van der Waals surface area contributed by atoms with Crippen molar-refractivity contribution in [3.05, 3.63) is 71.9 Å². The first kappa shape index (κ1) is 19.3. The maximum Gasteiger partial charge on any atom is 0.387 e. The highest BCUT2D eigenvalue weighted by Gasteiger charge is 2.15. The molecule has 1 N–H and O–H groups in total.